The van der Waals surface area contributed by atoms with Gasteiger partial charge >= 0.3 is 12.1 Å². The monoisotopic (exact) mass is 652 g/mol. The third kappa shape index (κ3) is 7.03. The summed E-state index contributed by atoms with van der Waals surface area (Å²) in [6.45, 7) is 10.8. The Morgan fingerprint density at radius 3 is 1.90 bits per heavy atom. The number of amides is 2. The smallest absolute Gasteiger partial charge is 0.410 e. The van der Waals surface area contributed by atoms with Crippen molar-refractivity contribution >= 4 is 40.0 Å². The molecule has 0 saturated carbocycles. The lowest BCUT2D eigenvalue weighted by atomic mass is 9.91. The lowest BCUT2D eigenvalue weighted by Crippen LogP contribution is -2.39. The molecule has 6 rings (SSSR count). The van der Waals surface area contributed by atoms with E-state index < -0.39 is 11.5 Å². The van der Waals surface area contributed by atoms with Crippen LogP contribution in [0.25, 0.3) is 22.1 Å². The van der Waals surface area contributed by atoms with E-state index >= 15 is 0 Å². The molecule has 11 nitrogen and oxygen atoms in total. The molecule has 0 bridgehead atoms. The number of aromatic amines is 2. The molecule has 2 saturated heterocycles. The van der Waals surface area contributed by atoms with Crippen molar-refractivity contribution < 1.29 is 23.9 Å². The average Bonchev–Trinajstić information content (AvgIpc) is 3.85. The van der Waals surface area contributed by atoms with Gasteiger partial charge in [0, 0.05) is 24.2 Å². The summed E-state index contributed by atoms with van der Waals surface area (Å²) < 4.78 is 10.5. The molecule has 252 valence electrons. The van der Waals surface area contributed by atoms with Crippen molar-refractivity contribution in [3.05, 3.63) is 59.2 Å². The zero-order chi connectivity index (χ0) is 34.2. The molecule has 2 amide bonds. The number of H-pyrrole nitrogens is 2. The molecule has 0 aliphatic carbocycles. The van der Waals surface area contributed by atoms with Gasteiger partial charge < -0.3 is 24.3 Å². The molecule has 2 N–H and O–H groups in total. The van der Waals surface area contributed by atoms with Crippen LogP contribution in [0, 0.1) is 23.7 Å². The molecule has 2 aliphatic rings. The fourth-order valence-corrected chi connectivity index (χ4v) is 6.66. The molecule has 2 aromatic carbocycles. The number of esters is 1. The second kappa shape index (κ2) is 13.3. The van der Waals surface area contributed by atoms with E-state index in [-0.39, 0.29) is 42.4 Å². The van der Waals surface area contributed by atoms with Gasteiger partial charge in [-0.05, 0) is 88.8 Å². The van der Waals surface area contributed by atoms with Gasteiger partial charge in [-0.2, -0.15) is 0 Å². The maximum atomic E-state index is 13.6. The molecule has 0 radical (unpaired) electrons. The van der Waals surface area contributed by atoms with E-state index in [1.165, 1.54) is 7.11 Å². The van der Waals surface area contributed by atoms with Crippen molar-refractivity contribution in [1.82, 2.24) is 29.7 Å². The number of methoxy groups -OCH3 is 1. The molecule has 3 atom stereocenters. The Hall–Kier alpha value is -4.85. The standard InChI is InChI=1S/C37H44N6O5/c1-22(2)25(21-32(44)47-6)35(45)42-17-7-9-30(42)33-38-26-15-13-23(19-28(26)40-33)11-12-24-14-16-27-29(20-24)41-34(39-27)31-10-8-18-43(31)36(46)48-37(3,4)5/h13-16,19-20,22,25,30-31H,7-10,17-18,21H2,1-6H3,(H,38,40)(H,39,41)/t25-,30-,31-/m0/s1. The maximum Gasteiger partial charge on any atom is 0.410 e. The fourth-order valence-electron chi connectivity index (χ4n) is 6.66. The van der Waals surface area contributed by atoms with Crippen LogP contribution in [0.3, 0.4) is 0 Å². The number of carbonyl (C=O) groups excluding carboxylic acids is 3. The maximum absolute atomic E-state index is 13.6. The van der Waals surface area contributed by atoms with Gasteiger partial charge in [-0.25, -0.2) is 14.8 Å². The van der Waals surface area contributed by atoms with Gasteiger partial charge in [0.2, 0.25) is 5.91 Å². The van der Waals surface area contributed by atoms with Crippen LogP contribution in [0.2, 0.25) is 0 Å². The molecule has 0 spiro atoms. The van der Waals surface area contributed by atoms with Gasteiger partial charge in [0.05, 0.1) is 53.6 Å². The number of imidazole rings is 2. The van der Waals surface area contributed by atoms with E-state index in [0.717, 1.165) is 70.5 Å². The summed E-state index contributed by atoms with van der Waals surface area (Å²) in [6.07, 6.45) is 3.15. The van der Waals surface area contributed by atoms with Gasteiger partial charge in [0.25, 0.3) is 0 Å². The predicted octanol–water partition coefficient (Wildman–Crippen LogP) is 6.41. The highest BCUT2D eigenvalue weighted by Crippen LogP contribution is 2.35. The van der Waals surface area contributed by atoms with Gasteiger partial charge in [0.1, 0.15) is 17.2 Å². The van der Waals surface area contributed by atoms with E-state index in [1.807, 2.05) is 75.9 Å². The third-order valence-electron chi connectivity index (χ3n) is 9.14. The first kappa shape index (κ1) is 33.1. The van der Waals surface area contributed by atoms with Crippen LogP contribution >= 0.6 is 0 Å². The van der Waals surface area contributed by atoms with E-state index in [2.05, 4.69) is 21.8 Å². The number of fused-ring (bicyclic) bond motifs is 2. The van der Waals surface area contributed by atoms with Crippen LogP contribution in [-0.4, -0.2) is 73.5 Å². The molecule has 11 heteroatoms. The minimum atomic E-state index is -0.557. The minimum Gasteiger partial charge on any atom is -0.469 e. The van der Waals surface area contributed by atoms with Crippen LogP contribution in [0.15, 0.2) is 36.4 Å². The molecular weight excluding hydrogens is 608 g/mol. The first-order chi connectivity index (χ1) is 22.9. The molecule has 2 aromatic heterocycles. The van der Waals surface area contributed by atoms with Crippen molar-refractivity contribution in [2.24, 2.45) is 11.8 Å². The number of aromatic nitrogens is 4. The summed E-state index contributed by atoms with van der Waals surface area (Å²) in [5.41, 5.74) is 4.46. The molecule has 2 aliphatic heterocycles. The van der Waals surface area contributed by atoms with E-state index in [4.69, 9.17) is 19.4 Å². The zero-order valence-corrected chi connectivity index (χ0v) is 28.6. The van der Waals surface area contributed by atoms with E-state index in [9.17, 15) is 14.4 Å². The van der Waals surface area contributed by atoms with Crippen LogP contribution in [-0.2, 0) is 19.1 Å². The molecule has 4 aromatic rings. The average molecular weight is 653 g/mol. The quantitative estimate of drug-likeness (QED) is 0.182. The Morgan fingerprint density at radius 1 is 0.875 bits per heavy atom. The molecule has 0 unspecified atom stereocenters. The molecule has 4 heterocycles. The minimum absolute atomic E-state index is 0.00695. The van der Waals surface area contributed by atoms with E-state index in [0.29, 0.717) is 13.1 Å². The number of nitrogens with one attached hydrogen (secondary N) is 2. The Bertz CT molecular complexity index is 1910. The fraction of sp³-hybridized carbons (Fsp3) is 0.486. The largest absolute Gasteiger partial charge is 0.469 e. The first-order valence-corrected chi connectivity index (χ1v) is 16.8. The van der Waals surface area contributed by atoms with Crippen molar-refractivity contribution in [2.75, 3.05) is 20.2 Å². The van der Waals surface area contributed by atoms with Gasteiger partial charge in [-0.3, -0.25) is 14.5 Å². The van der Waals surface area contributed by atoms with Gasteiger partial charge in [0.15, 0.2) is 0 Å². The summed E-state index contributed by atoms with van der Waals surface area (Å²) in [7, 11) is 1.35. The number of rotatable bonds is 6. The number of hydrogen-bond donors (Lipinski definition) is 2. The van der Waals surface area contributed by atoms with Crippen molar-refractivity contribution in [1.29, 1.82) is 0 Å². The van der Waals surface area contributed by atoms with Crippen molar-refractivity contribution in [3.63, 3.8) is 0 Å². The van der Waals surface area contributed by atoms with Gasteiger partial charge in [-0.15, -0.1) is 0 Å². The topological polar surface area (TPSA) is 134 Å². The van der Waals surface area contributed by atoms with Crippen LogP contribution in [0.4, 0.5) is 4.79 Å². The Morgan fingerprint density at radius 2 is 1.40 bits per heavy atom. The Labute approximate surface area is 280 Å². The predicted molar refractivity (Wildman–Crippen MR) is 182 cm³/mol. The van der Waals surface area contributed by atoms with E-state index in [1.54, 1.807) is 4.90 Å². The summed E-state index contributed by atoms with van der Waals surface area (Å²) >= 11 is 0. The van der Waals surface area contributed by atoms with Crippen LogP contribution in [0.1, 0.15) is 102 Å². The summed E-state index contributed by atoms with van der Waals surface area (Å²) in [4.78, 5) is 58.5. The highest BCUT2D eigenvalue weighted by Gasteiger charge is 2.38. The number of hydrogen-bond acceptors (Lipinski definition) is 7. The number of likely N-dealkylation sites (tertiary alicyclic amines) is 2. The van der Waals surface area contributed by atoms with Gasteiger partial charge in [-0.1, -0.05) is 25.7 Å². The first-order valence-electron chi connectivity index (χ1n) is 16.8. The van der Waals surface area contributed by atoms with Crippen LogP contribution in [0.5, 0.6) is 0 Å². The highest BCUT2D eigenvalue weighted by molar-refractivity contribution is 5.85. The Balaban J connectivity index is 1.18. The van der Waals surface area contributed by atoms with Crippen molar-refractivity contribution in [2.45, 2.75) is 84.4 Å². The summed E-state index contributed by atoms with van der Waals surface area (Å²) in [5, 5.41) is 0. The zero-order valence-electron chi connectivity index (χ0n) is 28.6. The second-order valence-electron chi connectivity index (χ2n) is 14.1. The second-order valence-corrected chi connectivity index (χ2v) is 14.1. The molecule has 48 heavy (non-hydrogen) atoms. The summed E-state index contributed by atoms with van der Waals surface area (Å²) in [6, 6.07) is 11.4. The van der Waals surface area contributed by atoms with Crippen molar-refractivity contribution in [3.8, 4) is 11.8 Å². The molecular formula is C37H44N6O5. The number of benzene rings is 2. The number of carbonyl (C=O) groups is 3. The number of nitrogens with zero attached hydrogens (tertiary/aromatic N) is 4. The van der Waals surface area contributed by atoms with Crippen LogP contribution < -0.4 is 0 Å². The highest BCUT2D eigenvalue weighted by atomic mass is 16.6. The third-order valence-corrected chi connectivity index (χ3v) is 9.14. The molecule has 2 fully saturated rings. The lowest BCUT2D eigenvalue weighted by molar-refractivity contribution is -0.148. The number of ether oxygens (including phenoxy) is 2. The normalized spacial score (nSPS) is 18.7. The lowest BCUT2D eigenvalue weighted by Gasteiger charge is -2.29. The Kier molecular flexibility index (Phi) is 9.19. The summed E-state index contributed by atoms with van der Waals surface area (Å²) in [5.74, 6) is 7.20. The SMILES string of the molecule is COC(=O)C[C@H](C(=O)N1CCC[C@H]1c1nc2ccc(C#Cc3ccc4nc([C@@H]5CCCN5C(=O)OC(C)(C)C)[nH]c4c3)cc2[nH]1)C(C)C.